The second kappa shape index (κ2) is 5.84. The topological polar surface area (TPSA) is 53.1 Å². The van der Waals surface area contributed by atoms with Gasteiger partial charge in [-0.05, 0) is 19.1 Å². The first kappa shape index (κ1) is 13.5. The third-order valence-electron chi connectivity index (χ3n) is 3.00. The number of hydrogen-bond acceptors (Lipinski definition) is 3. The molecule has 0 amide bonds. The largest absolute Gasteiger partial charge is 0.493 e. The van der Waals surface area contributed by atoms with Crippen molar-refractivity contribution in [3.05, 3.63) is 47.5 Å². The molecule has 19 heavy (non-hydrogen) atoms. The highest BCUT2D eigenvalue weighted by molar-refractivity contribution is 5.36. The molecule has 0 fully saturated rings. The highest BCUT2D eigenvalue weighted by atomic mass is 19.1. The summed E-state index contributed by atoms with van der Waals surface area (Å²) in [6.45, 7) is 2.31. The molecule has 2 N–H and O–H groups in total. The summed E-state index contributed by atoms with van der Waals surface area (Å²) in [5.41, 5.74) is 7.72. The molecule has 1 aromatic carbocycles. The van der Waals surface area contributed by atoms with E-state index in [1.54, 1.807) is 16.9 Å². The predicted octanol–water partition coefficient (Wildman–Crippen LogP) is 2.20. The van der Waals surface area contributed by atoms with Crippen molar-refractivity contribution >= 4 is 0 Å². The van der Waals surface area contributed by atoms with Gasteiger partial charge in [-0.2, -0.15) is 5.10 Å². The van der Waals surface area contributed by atoms with Gasteiger partial charge >= 0.3 is 0 Å². The average Bonchev–Trinajstić information content (AvgIpc) is 2.75. The minimum Gasteiger partial charge on any atom is -0.493 e. The SMILES string of the molecule is C[C@H](N)c1ccc(F)cc1OCCc1ccnn1C. The van der Waals surface area contributed by atoms with E-state index in [4.69, 9.17) is 10.5 Å². The smallest absolute Gasteiger partial charge is 0.126 e. The van der Waals surface area contributed by atoms with Gasteiger partial charge in [0.25, 0.3) is 0 Å². The Morgan fingerprint density at radius 3 is 2.84 bits per heavy atom. The minimum atomic E-state index is -0.320. The molecule has 5 heteroatoms. The molecule has 0 bridgehead atoms. The molecule has 0 aliphatic heterocycles. The second-order valence-electron chi connectivity index (χ2n) is 4.52. The Bertz CT molecular complexity index is 551. The van der Waals surface area contributed by atoms with Crippen LogP contribution in [0, 0.1) is 5.82 Å². The van der Waals surface area contributed by atoms with Crippen molar-refractivity contribution in [2.45, 2.75) is 19.4 Å². The van der Waals surface area contributed by atoms with Gasteiger partial charge in [-0.1, -0.05) is 6.07 Å². The van der Waals surface area contributed by atoms with Crippen LogP contribution in [0.5, 0.6) is 5.75 Å². The maximum Gasteiger partial charge on any atom is 0.126 e. The zero-order valence-electron chi connectivity index (χ0n) is 11.1. The number of hydrogen-bond donors (Lipinski definition) is 1. The van der Waals surface area contributed by atoms with Crippen LogP contribution in [0.4, 0.5) is 4.39 Å². The number of nitrogens with two attached hydrogens (primary N) is 1. The summed E-state index contributed by atoms with van der Waals surface area (Å²) in [5.74, 6) is 0.192. The number of ether oxygens (including phenoxy) is 1. The molecule has 1 aromatic heterocycles. The van der Waals surface area contributed by atoms with Gasteiger partial charge in [-0.3, -0.25) is 4.68 Å². The second-order valence-corrected chi connectivity index (χ2v) is 4.52. The summed E-state index contributed by atoms with van der Waals surface area (Å²) in [6, 6.07) is 6.18. The fourth-order valence-corrected chi connectivity index (χ4v) is 1.92. The van der Waals surface area contributed by atoms with Crippen molar-refractivity contribution in [1.29, 1.82) is 0 Å². The minimum absolute atomic E-state index is 0.188. The summed E-state index contributed by atoms with van der Waals surface area (Å²) < 4.78 is 20.7. The molecule has 2 rings (SSSR count). The third kappa shape index (κ3) is 3.32. The lowest BCUT2D eigenvalue weighted by molar-refractivity contribution is 0.312. The zero-order valence-corrected chi connectivity index (χ0v) is 11.1. The molecule has 0 saturated heterocycles. The van der Waals surface area contributed by atoms with Crippen LogP contribution in [0.15, 0.2) is 30.5 Å². The molecule has 0 unspecified atom stereocenters. The standard InChI is InChI=1S/C14H18FN3O/c1-10(16)13-4-3-11(15)9-14(13)19-8-6-12-5-7-17-18(12)2/h3-5,7,9-10H,6,8,16H2,1-2H3/t10-/m0/s1. The van der Waals surface area contributed by atoms with E-state index in [0.717, 1.165) is 11.3 Å². The van der Waals surface area contributed by atoms with Crippen LogP contribution in [-0.4, -0.2) is 16.4 Å². The third-order valence-corrected chi connectivity index (χ3v) is 3.00. The van der Waals surface area contributed by atoms with Gasteiger partial charge in [0, 0.05) is 43.0 Å². The molecular weight excluding hydrogens is 245 g/mol. The molecule has 4 nitrogen and oxygen atoms in total. The molecule has 1 atom stereocenters. The fourth-order valence-electron chi connectivity index (χ4n) is 1.92. The van der Waals surface area contributed by atoms with Crippen molar-refractivity contribution < 1.29 is 9.13 Å². The normalized spacial score (nSPS) is 12.4. The molecule has 0 saturated carbocycles. The Morgan fingerprint density at radius 1 is 1.42 bits per heavy atom. The Hall–Kier alpha value is -1.88. The maximum atomic E-state index is 13.2. The van der Waals surface area contributed by atoms with E-state index in [1.807, 2.05) is 20.0 Å². The molecule has 102 valence electrons. The van der Waals surface area contributed by atoms with Gasteiger partial charge in [0.15, 0.2) is 0 Å². The summed E-state index contributed by atoms with van der Waals surface area (Å²) in [7, 11) is 1.88. The lowest BCUT2D eigenvalue weighted by Gasteiger charge is -2.14. The molecular formula is C14H18FN3O. The molecule has 1 heterocycles. The van der Waals surface area contributed by atoms with E-state index < -0.39 is 0 Å². The van der Waals surface area contributed by atoms with E-state index >= 15 is 0 Å². The van der Waals surface area contributed by atoms with Gasteiger partial charge < -0.3 is 10.5 Å². The number of nitrogens with zero attached hydrogens (tertiary/aromatic N) is 2. The lowest BCUT2D eigenvalue weighted by Crippen LogP contribution is -2.11. The first-order chi connectivity index (χ1) is 9.08. The Kier molecular flexibility index (Phi) is 4.16. The van der Waals surface area contributed by atoms with Gasteiger partial charge in [0.2, 0.25) is 0 Å². The average molecular weight is 263 g/mol. The molecule has 0 aliphatic rings. The molecule has 0 radical (unpaired) electrons. The van der Waals surface area contributed by atoms with Gasteiger partial charge in [0.05, 0.1) is 6.61 Å². The van der Waals surface area contributed by atoms with Crippen LogP contribution in [-0.2, 0) is 13.5 Å². The van der Waals surface area contributed by atoms with E-state index in [-0.39, 0.29) is 11.9 Å². The monoisotopic (exact) mass is 263 g/mol. The van der Waals surface area contributed by atoms with Crippen LogP contribution in [0.2, 0.25) is 0 Å². The van der Waals surface area contributed by atoms with Crippen LogP contribution >= 0.6 is 0 Å². The predicted molar refractivity (Wildman–Crippen MR) is 71.4 cm³/mol. The van der Waals surface area contributed by atoms with Crippen molar-refractivity contribution in [2.75, 3.05) is 6.61 Å². The Balaban J connectivity index is 2.03. The van der Waals surface area contributed by atoms with Crippen LogP contribution < -0.4 is 10.5 Å². The van der Waals surface area contributed by atoms with E-state index in [9.17, 15) is 4.39 Å². The zero-order chi connectivity index (χ0) is 13.8. The summed E-state index contributed by atoms with van der Waals surface area (Å²) in [5, 5.41) is 4.08. The van der Waals surface area contributed by atoms with Gasteiger partial charge in [0.1, 0.15) is 11.6 Å². The molecule has 2 aromatic rings. The lowest BCUT2D eigenvalue weighted by atomic mass is 10.1. The van der Waals surface area contributed by atoms with Crippen LogP contribution in [0.1, 0.15) is 24.2 Å². The van der Waals surface area contributed by atoms with E-state index in [1.165, 1.54) is 12.1 Å². The molecule has 0 spiro atoms. The number of aryl methyl sites for hydroxylation is 1. The van der Waals surface area contributed by atoms with Gasteiger partial charge in [-0.25, -0.2) is 4.39 Å². The Morgan fingerprint density at radius 2 is 2.21 bits per heavy atom. The number of halogens is 1. The van der Waals surface area contributed by atoms with E-state index in [0.29, 0.717) is 18.8 Å². The van der Waals surface area contributed by atoms with Crippen molar-refractivity contribution in [3.8, 4) is 5.75 Å². The summed E-state index contributed by atoms with van der Waals surface area (Å²) >= 11 is 0. The Labute approximate surface area is 112 Å². The van der Waals surface area contributed by atoms with Crippen LogP contribution in [0.25, 0.3) is 0 Å². The van der Waals surface area contributed by atoms with E-state index in [2.05, 4.69) is 5.10 Å². The summed E-state index contributed by atoms with van der Waals surface area (Å²) in [6.07, 6.45) is 2.45. The highest BCUT2D eigenvalue weighted by Crippen LogP contribution is 2.24. The van der Waals surface area contributed by atoms with Crippen molar-refractivity contribution in [1.82, 2.24) is 9.78 Å². The number of benzene rings is 1. The first-order valence-corrected chi connectivity index (χ1v) is 6.22. The van der Waals surface area contributed by atoms with Gasteiger partial charge in [-0.15, -0.1) is 0 Å². The first-order valence-electron chi connectivity index (χ1n) is 6.22. The van der Waals surface area contributed by atoms with Crippen LogP contribution in [0.3, 0.4) is 0 Å². The molecule has 0 aliphatic carbocycles. The maximum absolute atomic E-state index is 13.2. The quantitative estimate of drug-likeness (QED) is 0.899. The van der Waals surface area contributed by atoms with Crippen molar-refractivity contribution in [2.24, 2.45) is 12.8 Å². The fraction of sp³-hybridized carbons (Fsp3) is 0.357. The number of aromatic nitrogens is 2. The number of rotatable bonds is 5. The summed E-state index contributed by atoms with van der Waals surface area (Å²) in [4.78, 5) is 0. The van der Waals surface area contributed by atoms with Crippen molar-refractivity contribution in [3.63, 3.8) is 0 Å². The highest BCUT2D eigenvalue weighted by Gasteiger charge is 2.09.